The van der Waals surface area contributed by atoms with Gasteiger partial charge in [-0.2, -0.15) is 0 Å². The van der Waals surface area contributed by atoms with Crippen molar-refractivity contribution in [2.45, 2.75) is 25.4 Å². The molecular weight excluding hydrogens is 306 g/mol. The maximum absolute atomic E-state index is 13.3. The third kappa shape index (κ3) is 5.06. The number of rotatable bonds is 6. The molecule has 1 aromatic carbocycles. The molecule has 2 N–H and O–H groups in total. The summed E-state index contributed by atoms with van der Waals surface area (Å²) in [5, 5.41) is 12.4. The summed E-state index contributed by atoms with van der Waals surface area (Å²) in [6, 6.07) is 2.79. The Morgan fingerprint density at radius 1 is 1.43 bits per heavy atom. The van der Waals surface area contributed by atoms with Gasteiger partial charge in [-0.15, -0.1) is 0 Å². The number of aliphatic hydroxyl groups excluding tert-OH is 1. The Hall–Kier alpha value is -1.89. The van der Waals surface area contributed by atoms with Gasteiger partial charge in [0.25, 0.3) is 0 Å². The summed E-state index contributed by atoms with van der Waals surface area (Å²) < 4.78 is 31.3. The van der Waals surface area contributed by atoms with Crippen molar-refractivity contribution in [2.75, 3.05) is 26.7 Å². The summed E-state index contributed by atoms with van der Waals surface area (Å²) >= 11 is 0. The first-order chi connectivity index (χ1) is 11.0. The fourth-order valence-electron chi connectivity index (χ4n) is 2.71. The summed E-state index contributed by atoms with van der Waals surface area (Å²) in [5.74, 6) is -1.37. The van der Waals surface area contributed by atoms with Crippen LogP contribution < -0.4 is 10.1 Å². The zero-order valence-corrected chi connectivity index (χ0v) is 13.1. The van der Waals surface area contributed by atoms with Crippen molar-refractivity contribution < 1.29 is 23.4 Å². The number of ether oxygens (including phenoxy) is 1. The van der Waals surface area contributed by atoms with E-state index in [1.165, 1.54) is 11.0 Å². The number of carbonyl (C=O) groups excluding carboxylic acids is 1. The monoisotopic (exact) mass is 328 g/mol. The molecule has 0 aromatic heterocycles. The smallest absolute Gasteiger partial charge is 0.317 e. The largest absolute Gasteiger partial charge is 0.489 e. The van der Waals surface area contributed by atoms with Crippen LogP contribution in [-0.2, 0) is 0 Å². The van der Waals surface area contributed by atoms with E-state index >= 15 is 0 Å². The van der Waals surface area contributed by atoms with E-state index in [1.807, 2.05) is 0 Å². The molecule has 2 atom stereocenters. The topological polar surface area (TPSA) is 61.8 Å². The van der Waals surface area contributed by atoms with Crippen LogP contribution in [0.25, 0.3) is 0 Å². The predicted octanol–water partition coefficient (Wildman–Crippen LogP) is 2.15. The van der Waals surface area contributed by atoms with Crippen LogP contribution in [0.5, 0.6) is 5.75 Å². The minimum atomic E-state index is -0.774. The number of hydrogen-bond donors (Lipinski definition) is 2. The molecule has 1 aliphatic rings. The van der Waals surface area contributed by atoms with Gasteiger partial charge in [0.15, 0.2) is 11.6 Å². The molecule has 1 fully saturated rings. The van der Waals surface area contributed by atoms with Crippen LogP contribution in [0.2, 0.25) is 0 Å². The minimum Gasteiger partial charge on any atom is -0.489 e. The lowest BCUT2D eigenvalue weighted by Crippen LogP contribution is -2.42. The van der Waals surface area contributed by atoms with Crippen molar-refractivity contribution in [1.29, 1.82) is 0 Å². The van der Waals surface area contributed by atoms with E-state index in [4.69, 9.17) is 4.74 Å². The second-order valence-electron chi connectivity index (χ2n) is 5.79. The lowest BCUT2D eigenvalue weighted by atomic mass is 10.1. The molecule has 128 valence electrons. The van der Waals surface area contributed by atoms with Crippen molar-refractivity contribution in [3.63, 3.8) is 0 Å². The zero-order chi connectivity index (χ0) is 16.8. The Bertz CT molecular complexity index is 542. The molecule has 7 heteroatoms. The quantitative estimate of drug-likeness (QED) is 0.787. The number of amides is 2. The zero-order valence-electron chi connectivity index (χ0n) is 13.1. The van der Waals surface area contributed by atoms with Crippen molar-refractivity contribution in [3.05, 3.63) is 29.8 Å². The molecule has 0 aliphatic heterocycles. The molecule has 5 nitrogen and oxygen atoms in total. The van der Waals surface area contributed by atoms with Gasteiger partial charge in [0.1, 0.15) is 12.4 Å². The Labute approximate surface area is 134 Å². The van der Waals surface area contributed by atoms with Crippen molar-refractivity contribution in [2.24, 2.45) is 5.92 Å². The second-order valence-corrected chi connectivity index (χ2v) is 5.79. The highest BCUT2D eigenvalue weighted by Crippen LogP contribution is 2.25. The molecule has 0 radical (unpaired) electrons. The fraction of sp³-hybridized carbons (Fsp3) is 0.562. The van der Waals surface area contributed by atoms with Gasteiger partial charge in [0.05, 0.1) is 12.6 Å². The fourth-order valence-corrected chi connectivity index (χ4v) is 2.71. The van der Waals surface area contributed by atoms with E-state index in [0.29, 0.717) is 6.54 Å². The van der Waals surface area contributed by atoms with Crippen LogP contribution >= 0.6 is 0 Å². The maximum atomic E-state index is 13.3. The van der Waals surface area contributed by atoms with Gasteiger partial charge >= 0.3 is 6.03 Å². The van der Waals surface area contributed by atoms with Crippen molar-refractivity contribution >= 4 is 6.03 Å². The number of benzene rings is 1. The Kier molecular flexibility index (Phi) is 6.15. The van der Waals surface area contributed by atoms with Crippen LogP contribution in [-0.4, -0.2) is 48.9 Å². The summed E-state index contributed by atoms with van der Waals surface area (Å²) in [5.41, 5.74) is 0. The number of carbonyl (C=O) groups is 1. The van der Waals surface area contributed by atoms with E-state index in [2.05, 4.69) is 5.32 Å². The highest BCUT2D eigenvalue weighted by Gasteiger charge is 2.27. The average molecular weight is 328 g/mol. The highest BCUT2D eigenvalue weighted by atomic mass is 19.1. The number of hydrogen-bond acceptors (Lipinski definition) is 3. The normalized spacial score (nSPS) is 20.3. The van der Waals surface area contributed by atoms with Crippen molar-refractivity contribution in [3.8, 4) is 5.75 Å². The molecule has 2 unspecified atom stereocenters. The van der Waals surface area contributed by atoms with E-state index in [0.717, 1.165) is 31.4 Å². The Balaban J connectivity index is 1.67. The third-order valence-electron chi connectivity index (χ3n) is 4.00. The van der Waals surface area contributed by atoms with Gasteiger partial charge in [-0.3, -0.25) is 0 Å². The molecule has 1 saturated carbocycles. The van der Waals surface area contributed by atoms with Crippen LogP contribution in [0.1, 0.15) is 19.3 Å². The number of aliphatic hydroxyl groups is 1. The van der Waals surface area contributed by atoms with Crippen LogP contribution in [0.4, 0.5) is 13.6 Å². The van der Waals surface area contributed by atoms with E-state index in [9.17, 15) is 18.7 Å². The van der Waals surface area contributed by atoms with Crippen LogP contribution in [0, 0.1) is 17.6 Å². The molecule has 23 heavy (non-hydrogen) atoms. The molecule has 0 heterocycles. The molecular formula is C16H22F2N2O3. The maximum Gasteiger partial charge on any atom is 0.317 e. The average Bonchev–Trinajstić information content (AvgIpc) is 2.90. The molecule has 1 aliphatic carbocycles. The van der Waals surface area contributed by atoms with Gasteiger partial charge in [0.2, 0.25) is 0 Å². The molecule has 0 spiro atoms. The first-order valence-electron chi connectivity index (χ1n) is 7.72. The number of nitrogens with zero attached hydrogens (tertiary/aromatic N) is 1. The van der Waals surface area contributed by atoms with E-state index in [-0.39, 0.29) is 37.0 Å². The second kappa shape index (κ2) is 8.10. The Morgan fingerprint density at radius 3 is 2.87 bits per heavy atom. The summed E-state index contributed by atoms with van der Waals surface area (Å²) in [7, 11) is 1.67. The van der Waals surface area contributed by atoms with Gasteiger partial charge in [-0.25, -0.2) is 13.6 Å². The summed E-state index contributed by atoms with van der Waals surface area (Å²) in [4.78, 5) is 13.4. The van der Waals surface area contributed by atoms with Gasteiger partial charge in [0, 0.05) is 25.6 Å². The van der Waals surface area contributed by atoms with E-state index in [1.54, 1.807) is 7.05 Å². The lowest BCUT2D eigenvalue weighted by Gasteiger charge is -2.23. The molecule has 0 saturated heterocycles. The standard InChI is InChI=1S/C16H22F2N2O3/c1-20(10-11-3-2-4-14(11)21)16(22)19-7-8-23-15-6-5-12(17)9-13(15)18/h5-6,9,11,14,21H,2-4,7-8,10H2,1H3,(H,19,22). The summed E-state index contributed by atoms with van der Waals surface area (Å²) in [6.45, 7) is 0.780. The number of halogens is 2. The number of urea groups is 1. The molecule has 2 rings (SSSR count). The first kappa shape index (κ1) is 17.5. The molecule has 2 amide bonds. The van der Waals surface area contributed by atoms with Gasteiger partial charge in [-0.05, 0) is 25.0 Å². The number of nitrogens with one attached hydrogen (secondary N) is 1. The predicted molar refractivity (Wildman–Crippen MR) is 81.2 cm³/mol. The lowest BCUT2D eigenvalue weighted by molar-refractivity contribution is 0.113. The van der Waals surface area contributed by atoms with E-state index < -0.39 is 11.6 Å². The minimum absolute atomic E-state index is 0.0527. The van der Waals surface area contributed by atoms with Gasteiger partial charge in [-0.1, -0.05) is 6.42 Å². The van der Waals surface area contributed by atoms with Crippen LogP contribution in [0.3, 0.4) is 0 Å². The van der Waals surface area contributed by atoms with Crippen molar-refractivity contribution in [1.82, 2.24) is 10.2 Å². The summed E-state index contributed by atoms with van der Waals surface area (Å²) in [6.07, 6.45) is 2.36. The third-order valence-corrected chi connectivity index (χ3v) is 4.00. The Morgan fingerprint density at radius 2 is 2.22 bits per heavy atom. The highest BCUT2D eigenvalue weighted by molar-refractivity contribution is 5.73. The van der Waals surface area contributed by atoms with Gasteiger partial charge < -0.3 is 20.1 Å². The molecule has 1 aromatic rings. The SMILES string of the molecule is CN(CC1CCCC1O)C(=O)NCCOc1ccc(F)cc1F. The first-order valence-corrected chi connectivity index (χ1v) is 7.72. The molecule has 0 bridgehead atoms. The van der Waals surface area contributed by atoms with Crippen LogP contribution in [0.15, 0.2) is 18.2 Å².